The number of anilines is 1. The fraction of sp³-hybridized carbons (Fsp3) is 0.421. The Labute approximate surface area is 192 Å². The summed E-state index contributed by atoms with van der Waals surface area (Å²) in [7, 11) is 4.04. The normalized spacial score (nSPS) is 11.7. The van der Waals surface area contributed by atoms with Crippen LogP contribution in [0.25, 0.3) is 0 Å². The summed E-state index contributed by atoms with van der Waals surface area (Å²) in [6.07, 6.45) is 3.21. The number of rotatable bonds is 11. The van der Waals surface area contributed by atoms with Gasteiger partial charge in [-0.05, 0) is 70.1 Å². The molecule has 9 nitrogen and oxygen atoms in total. The van der Waals surface area contributed by atoms with Gasteiger partial charge in [0.1, 0.15) is 11.5 Å². The molecular formula is C19H26Br2N6O3. The number of aromatic amines is 1. The standard InChI is InChI=1S/C19H26Br2N6O3/c1-27(2)6-3-7-30-17-14(20)8-12(9-15(17)21)10-16(26-29)18(28)23-5-4-13-11-24-19(22)25-13/h8-9,11,29H,3-7,10H2,1-2H3,(H,23,28)(H3,22,24,25). The van der Waals surface area contributed by atoms with Crippen LogP contribution in [0, 0.1) is 0 Å². The van der Waals surface area contributed by atoms with Gasteiger partial charge in [0, 0.05) is 31.6 Å². The minimum absolute atomic E-state index is 0.0116. The van der Waals surface area contributed by atoms with Gasteiger partial charge in [-0.25, -0.2) is 4.98 Å². The van der Waals surface area contributed by atoms with Gasteiger partial charge in [0.15, 0.2) is 5.95 Å². The maximum atomic E-state index is 12.3. The van der Waals surface area contributed by atoms with Crippen molar-refractivity contribution in [3.8, 4) is 5.75 Å². The Bertz CT molecular complexity index is 862. The van der Waals surface area contributed by atoms with Crippen molar-refractivity contribution in [3.05, 3.63) is 38.5 Å². The number of aromatic nitrogens is 2. The Morgan fingerprint density at radius 3 is 2.63 bits per heavy atom. The summed E-state index contributed by atoms with van der Waals surface area (Å²) < 4.78 is 7.36. The number of oxime groups is 1. The molecule has 0 fully saturated rings. The molecule has 30 heavy (non-hydrogen) atoms. The molecule has 0 unspecified atom stereocenters. The van der Waals surface area contributed by atoms with E-state index in [0.717, 1.165) is 33.2 Å². The van der Waals surface area contributed by atoms with E-state index >= 15 is 0 Å². The number of carbonyl (C=O) groups is 1. The monoisotopic (exact) mass is 544 g/mol. The molecule has 1 aromatic heterocycles. The second-order valence-electron chi connectivity index (χ2n) is 6.92. The second-order valence-corrected chi connectivity index (χ2v) is 8.63. The average molecular weight is 546 g/mol. The predicted octanol–water partition coefficient (Wildman–Crippen LogP) is 2.58. The first-order valence-electron chi connectivity index (χ1n) is 9.34. The number of amides is 1. The van der Waals surface area contributed by atoms with E-state index in [2.05, 4.69) is 57.2 Å². The SMILES string of the molecule is CN(C)CCCOc1c(Br)cc(CC(=NO)C(=O)NCCc2cnc(N)[nH]2)cc1Br. The van der Waals surface area contributed by atoms with Crippen molar-refractivity contribution in [2.75, 3.05) is 39.5 Å². The predicted molar refractivity (Wildman–Crippen MR) is 123 cm³/mol. The van der Waals surface area contributed by atoms with E-state index in [1.54, 1.807) is 6.20 Å². The third-order valence-electron chi connectivity index (χ3n) is 4.14. The van der Waals surface area contributed by atoms with Crippen LogP contribution >= 0.6 is 31.9 Å². The van der Waals surface area contributed by atoms with Crippen LogP contribution in [0.3, 0.4) is 0 Å². The third kappa shape index (κ3) is 7.62. The van der Waals surface area contributed by atoms with Gasteiger partial charge in [-0.3, -0.25) is 4.79 Å². The Hall–Kier alpha value is -2.11. The van der Waals surface area contributed by atoms with E-state index in [1.165, 1.54) is 0 Å². The zero-order valence-corrected chi connectivity index (χ0v) is 20.1. The average Bonchev–Trinajstić information content (AvgIpc) is 3.09. The van der Waals surface area contributed by atoms with Crippen LogP contribution in [-0.2, 0) is 17.6 Å². The summed E-state index contributed by atoms with van der Waals surface area (Å²) in [5, 5.41) is 15.2. The molecule has 0 saturated heterocycles. The molecule has 0 aliphatic carbocycles. The van der Waals surface area contributed by atoms with E-state index in [0.29, 0.717) is 31.3 Å². The first kappa shape index (κ1) is 24.2. The van der Waals surface area contributed by atoms with Crippen molar-refractivity contribution in [2.24, 2.45) is 5.16 Å². The van der Waals surface area contributed by atoms with Gasteiger partial charge in [-0.15, -0.1) is 0 Å². The van der Waals surface area contributed by atoms with E-state index in [4.69, 9.17) is 10.5 Å². The highest BCUT2D eigenvalue weighted by atomic mass is 79.9. The number of ether oxygens (including phenoxy) is 1. The quantitative estimate of drug-likeness (QED) is 0.149. The smallest absolute Gasteiger partial charge is 0.269 e. The number of benzene rings is 1. The zero-order chi connectivity index (χ0) is 22.1. The lowest BCUT2D eigenvalue weighted by atomic mass is 10.1. The molecule has 11 heteroatoms. The first-order chi connectivity index (χ1) is 14.3. The van der Waals surface area contributed by atoms with Gasteiger partial charge in [-0.1, -0.05) is 5.16 Å². The number of imidazole rings is 1. The lowest BCUT2D eigenvalue weighted by Gasteiger charge is -2.14. The number of nitrogens with one attached hydrogen (secondary N) is 2. The summed E-state index contributed by atoms with van der Waals surface area (Å²) in [5.74, 6) is 0.583. The maximum absolute atomic E-state index is 12.3. The number of nitrogens with zero attached hydrogens (tertiary/aromatic N) is 3. The Balaban J connectivity index is 1.91. The third-order valence-corrected chi connectivity index (χ3v) is 5.31. The van der Waals surface area contributed by atoms with Crippen molar-refractivity contribution in [2.45, 2.75) is 19.3 Å². The number of nitrogen functional groups attached to an aromatic ring is 1. The number of H-pyrrole nitrogens is 1. The molecule has 1 heterocycles. The molecule has 2 rings (SSSR count). The Morgan fingerprint density at radius 2 is 2.07 bits per heavy atom. The van der Waals surface area contributed by atoms with Gasteiger partial charge < -0.3 is 30.9 Å². The summed E-state index contributed by atoms with van der Waals surface area (Å²) in [6, 6.07) is 3.69. The first-order valence-corrected chi connectivity index (χ1v) is 10.9. The van der Waals surface area contributed by atoms with Gasteiger partial charge in [0.05, 0.1) is 21.7 Å². The summed E-state index contributed by atoms with van der Waals surface area (Å²) in [4.78, 5) is 21.2. The van der Waals surface area contributed by atoms with Gasteiger partial charge in [-0.2, -0.15) is 0 Å². The molecule has 0 bridgehead atoms. The van der Waals surface area contributed by atoms with Crippen molar-refractivity contribution < 1.29 is 14.7 Å². The largest absolute Gasteiger partial charge is 0.491 e. The van der Waals surface area contributed by atoms with Crippen LogP contribution in [0.2, 0.25) is 0 Å². The van der Waals surface area contributed by atoms with Crippen LogP contribution < -0.4 is 15.8 Å². The van der Waals surface area contributed by atoms with E-state index in [-0.39, 0.29) is 12.1 Å². The van der Waals surface area contributed by atoms with E-state index < -0.39 is 5.91 Å². The highest BCUT2D eigenvalue weighted by molar-refractivity contribution is 9.11. The molecular weight excluding hydrogens is 520 g/mol. The van der Waals surface area contributed by atoms with Crippen LogP contribution in [0.4, 0.5) is 5.95 Å². The number of hydrogen-bond donors (Lipinski definition) is 4. The van der Waals surface area contributed by atoms with E-state index in [9.17, 15) is 10.0 Å². The molecule has 0 aliphatic rings. The molecule has 0 atom stereocenters. The van der Waals surface area contributed by atoms with Crippen LogP contribution in [0.15, 0.2) is 32.4 Å². The summed E-state index contributed by atoms with van der Waals surface area (Å²) in [5.41, 5.74) is 7.13. The molecule has 0 saturated carbocycles. The fourth-order valence-electron chi connectivity index (χ4n) is 2.68. The summed E-state index contributed by atoms with van der Waals surface area (Å²) in [6.45, 7) is 1.88. The van der Waals surface area contributed by atoms with Gasteiger partial charge in [0.2, 0.25) is 0 Å². The number of nitrogens with two attached hydrogens (primary N) is 1. The minimum Gasteiger partial charge on any atom is -0.491 e. The molecule has 2 aromatic rings. The molecule has 1 aromatic carbocycles. The van der Waals surface area contributed by atoms with Gasteiger partial charge in [0.25, 0.3) is 5.91 Å². The number of hydrogen-bond acceptors (Lipinski definition) is 7. The van der Waals surface area contributed by atoms with Crippen molar-refractivity contribution in [1.82, 2.24) is 20.2 Å². The fourth-order valence-corrected chi connectivity index (χ4v) is 4.19. The summed E-state index contributed by atoms with van der Waals surface area (Å²) >= 11 is 7.02. The number of carbonyl (C=O) groups excluding carboxylic acids is 1. The molecule has 0 aliphatic heterocycles. The Morgan fingerprint density at radius 1 is 1.37 bits per heavy atom. The lowest BCUT2D eigenvalue weighted by molar-refractivity contribution is -0.115. The molecule has 164 valence electrons. The Kier molecular flexibility index (Phi) is 9.60. The zero-order valence-electron chi connectivity index (χ0n) is 16.9. The molecule has 0 spiro atoms. The van der Waals surface area contributed by atoms with Crippen LogP contribution in [0.5, 0.6) is 5.75 Å². The maximum Gasteiger partial charge on any atom is 0.269 e. The molecule has 1 amide bonds. The van der Waals surface area contributed by atoms with Crippen LogP contribution in [0.1, 0.15) is 17.7 Å². The second kappa shape index (κ2) is 11.9. The highest BCUT2D eigenvalue weighted by Crippen LogP contribution is 2.35. The number of halogens is 2. The topological polar surface area (TPSA) is 129 Å². The van der Waals surface area contributed by atoms with Gasteiger partial charge >= 0.3 is 0 Å². The van der Waals surface area contributed by atoms with Crippen molar-refractivity contribution in [1.29, 1.82) is 0 Å². The van der Waals surface area contributed by atoms with Crippen molar-refractivity contribution in [3.63, 3.8) is 0 Å². The highest BCUT2D eigenvalue weighted by Gasteiger charge is 2.16. The van der Waals surface area contributed by atoms with Crippen LogP contribution in [-0.4, -0.2) is 65.5 Å². The molecule has 0 radical (unpaired) electrons. The van der Waals surface area contributed by atoms with E-state index in [1.807, 2.05) is 26.2 Å². The lowest BCUT2D eigenvalue weighted by Crippen LogP contribution is -2.33. The minimum atomic E-state index is -0.443. The van der Waals surface area contributed by atoms with Crippen molar-refractivity contribution >= 4 is 49.4 Å². The molecule has 5 N–H and O–H groups in total.